The van der Waals surface area contributed by atoms with Gasteiger partial charge in [0.1, 0.15) is 5.75 Å². The number of benzene rings is 1. The summed E-state index contributed by atoms with van der Waals surface area (Å²) < 4.78 is 13.1. The van der Waals surface area contributed by atoms with Gasteiger partial charge in [0.05, 0.1) is 31.4 Å². The summed E-state index contributed by atoms with van der Waals surface area (Å²) in [6.45, 7) is 3.98. The molecule has 0 aliphatic carbocycles. The lowest BCUT2D eigenvalue weighted by molar-refractivity contribution is -0.130. The van der Waals surface area contributed by atoms with Crippen LogP contribution >= 0.6 is 0 Å². The van der Waals surface area contributed by atoms with Gasteiger partial charge >= 0.3 is 0 Å². The summed E-state index contributed by atoms with van der Waals surface area (Å²) in [5.41, 5.74) is 3.25. The van der Waals surface area contributed by atoms with Crippen LogP contribution in [0.15, 0.2) is 30.6 Å². The number of hydrogen-bond acceptors (Lipinski definition) is 4. The highest BCUT2D eigenvalue weighted by molar-refractivity contribution is 5.76. The van der Waals surface area contributed by atoms with Crippen molar-refractivity contribution < 1.29 is 14.3 Å². The van der Waals surface area contributed by atoms with Crippen molar-refractivity contribution in [2.45, 2.75) is 38.1 Å². The van der Waals surface area contributed by atoms with Gasteiger partial charge in [0.2, 0.25) is 5.91 Å². The largest absolute Gasteiger partial charge is 0.497 e. The van der Waals surface area contributed by atoms with Crippen LogP contribution in [0.1, 0.15) is 37.3 Å². The molecule has 1 unspecified atom stereocenters. The second-order valence-corrected chi connectivity index (χ2v) is 7.30. The Morgan fingerprint density at radius 1 is 1.26 bits per heavy atom. The summed E-state index contributed by atoms with van der Waals surface area (Å²) in [5.74, 6) is 1.41. The molecule has 3 heterocycles. The predicted octanol–water partition coefficient (Wildman–Crippen LogP) is 3.08. The first-order valence-corrected chi connectivity index (χ1v) is 9.81. The van der Waals surface area contributed by atoms with Gasteiger partial charge in [-0.05, 0) is 43.5 Å². The van der Waals surface area contributed by atoms with Crippen molar-refractivity contribution >= 4 is 5.91 Å². The Kier molecular flexibility index (Phi) is 5.43. The number of carbonyl (C=O) groups excluding carboxylic acids is 1. The summed E-state index contributed by atoms with van der Waals surface area (Å²) in [7, 11) is 1.67. The van der Waals surface area contributed by atoms with Crippen LogP contribution in [-0.4, -0.2) is 53.8 Å². The van der Waals surface area contributed by atoms with Crippen molar-refractivity contribution in [1.82, 2.24) is 14.5 Å². The lowest BCUT2D eigenvalue weighted by Crippen LogP contribution is -2.28. The average molecular weight is 369 g/mol. The maximum Gasteiger partial charge on any atom is 0.224 e. The van der Waals surface area contributed by atoms with Gasteiger partial charge in [0, 0.05) is 44.1 Å². The second-order valence-electron chi connectivity index (χ2n) is 7.30. The normalized spacial score (nSPS) is 19.6. The minimum absolute atomic E-state index is 0.251. The second kappa shape index (κ2) is 8.13. The smallest absolute Gasteiger partial charge is 0.224 e. The summed E-state index contributed by atoms with van der Waals surface area (Å²) in [4.78, 5) is 19.1. The van der Waals surface area contributed by atoms with Crippen LogP contribution in [0.4, 0.5) is 0 Å². The van der Waals surface area contributed by atoms with E-state index in [-0.39, 0.29) is 5.91 Å². The molecule has 4 rings (SSSR count). The molecule has 2 aliphatic heterocycles. The molecule has 0 saturated carbocycles. The number of methoxy groups -OCH3 is 1. The van der Waals surface area contributed by atoms with E-state index in [2.05, 4.69) is 4.57 Å². The van der Waals surface area contributed by atoms with Crippen molar-refractivity contribution in [2.75, 3.05) is 33.4 Å². The molecule has 0 radical (unpaired) electrons. The van der Waals surface area contributed by atoms with E-state index in [1.54, 1.807) is 7.11 Å². The van der Waals surface area contributed by atoms with Crippen molar-refractivity contribution in [3.05, 3.63) is 36.3 Å². The van der Waals surface area contributed by atoms with Crippen LogP contribution in [0, 0.1) is 0 Å². The molecule has 6 heteroatoms. The van der Waals surface area contributed by atoms with Crippen LogP contribution in [0.25, 0.3) is 11.3 Å². The Bertz CT molecular complexity index is 772. The average Bonchev–Trinajstić information content (AvgIpc) is 3.47. The van der Waals surface area contributed by atoms with Crippen LogP contribution in [-0.2, 0) is 16.1 Å². The number of carbonyl (C=O) groups is 1. The van der Waals surface area contributed by atoms with E-state index in [0.717, 1.165) is 62.6 Å². The SMILES string of the molecule is COc1ccc(-c2ncn(CCC(=O)N3CCCC3)c2C2CCOC2)cc1. The zero-order valence-electron chi connectivity index (χ0n) is 15.9. The first-order valence-electron chi connectivity index (χ1n) is 9.81. The van der Waals surface area contributed by atoms with Gasteiger partial charge in [-0.15, -0.1) is 0 Å². The highest BCUT2D eigenvalue weighted by atomic mass is 16.5. The first kappa shape index (κ1) is 18.0. The van der Waals surface area contributed by atoms with E-state index in [9.17, 15) is 4.79 Å². The van der Waals surface area contributed by atoms with Crippen molar-refractivity contribution in [2.24, 2.45) is 0 Å². The maximum atomic E-state index is 12.5. The van der Waals surface area contributed by atoms with Crippen LogP contribution in [0.2, 0.25) is 0 Å². The van der Waals surface area contributed by atoms with Gasteiger partial charge in [0.15, 0.2) is 0 Å². The van der Waals surface area contributed by atoms with E-state index in [0.29, 0.717) is 18.9 Å². The highest BCUT2D eigenvalue weighted by Gasteiger charge is 2.26. The Labute approximate surface area is 160 Å². The monoisotopic (exact) mass is 369 g/mol. The number of nitrogens with zero attached hydrogens (tertiary/aromatic N) is 3. The molecule has 2 aromatic rings. The Balaban J connectivity index is 1.57. The third-order valence-corrected chi connectivity index (χ3v) is 5.58. The molecule has 0 N–H and O–H groups in total. The van der Waals surface area contributed by atoms with E-state index < -0.39 is 0 Å². The topological polar surface area (TPSA) is 56.6 Å². The fraction of sp³-hybridized carbons (Fsp3) is 0.524. The number of likely N-dealkylation sites (tertiary alicyclic amines) is 1. The molecule has 0 bridgehead atoms. The molecule has 2 saturated heterocycles. The lowest BCUT2D eigenvalue weighted by atomic mass is 9.99. The third-order valence-electron chi connectivity index (χ3n) is 5.58. The molecule has 1 atom stereocenters. The third kappa shape index (κ3) is 3.86. The summed E-state index contributed by atoms with van der Waals surface area (Å²) in [6.07, 6.45) is 5.66. The van der Waals surface area contributed by atoms with Crippen molar-refractivity contribution in [3.63, 3.8) is 0 Å². The molecule has 144 valence electrons. The van der Waals surface area contributed by atoms with Crippen LogP contribution in [0.3, 0.4) is 0 Å². The fourth-order valence-electron chi connectivity index (χ4n) is 4.06. The van der Waals surface area contributed by atoms with E-state index in [1.807, 2.05) is 35.5 Å². The Morgan fingerprint density at radius 3 is 2.70 bits per heavy atom. The van der Waals surface area contributed by atoms with Crippen molar-refractivity contribution in [3.8, 4) is 17.0 Å². The Hall–Kier alpha value is -2.34. The maximum absolute atomic E-state index is 12.5. The molecule has 2 fully saturated rings. The van der Waals surface area contributed by atoms with E-state index >= 15 is 0 Å². The van der Waals surface area contributed by atoms with Gasteiger partial charge in [-0.3, -0.25) is 4.79 Å². The molecule has 1 aromatic heterocycles. The van der Waals surface area contributed by atoms with Gasteiger partial charge in [-0.2, -0.15) is 0 Å². The van der Waals surface area contributed by atoms with Crippen LogP contribution in [0.5, 0.6) is 5.75 Å². The Morgan fingerprint density at radius 2 is 2.04 bits per heavy atom. The molecule has 6 nitrogen and oxygen atoms in total. The minimum Gasteiger partial charge on any atom is -0.497 e. The molecule has 27 heavy (non-hydrogen) atoms. The number of hydrogen-bond donors (Lipinski definition) is 0. The van der Waals surface area contributed by atoms with Gasteiger partial charge in [0.25, 0.3) is 0 Å². The zero-order chi connectivity index (χ0) is 18.6. The number of ether oxygens (including phenoxy) is 2. The zero-order valence-corrected chi connectivity index (χ0v) is 15.9. The number of aromatic nitrogens is 2. The van der Waals surface area contributed by atoms with Crippen LogP contribution < -0.4 is 4.74 Å². The summed E-state index contributed by atoms with van der Waals surface area (Å²) in [5, 5.41) is 0. The summed E-state index contributed by atoms with van der Waals surface area (Å²) >= 11 is 0. The molecular formula is C21H27N3O3. The molecule has 1 aromatic carbocycles. The lowest BCUT2D eigenvalue weighted by Gasteiger charge is -2.18. The molecule has 1 amide bonds. The van der Waals surface area contributed by atoms with E-state index in [1.165, 1.54) is 5.69 Å². The van der Waals surface area contributed by atoms with Crippen molar-refractivity contribution in [1.29, 1.82) is 0 Å². The number of imidazole rings is 1. The van der Waals surface area contributed by atoms with Gasteiger partial charge < -0.3 is 18.9 Å². The predicted molar refractivity (Wildman–Crippen MR) is 103 cm³/mol. The summed E-state index contributed by atoms with van der Waals surface area (Å²) in [6, 6.07) is 8.00. The molecule has 2 aliphatic rings. The van der Waals surface area contributed by atoms with E-state index in [4.69, 9.17) is 14.5 Å². The number of rotatable bonds is 6. The quantitative estimate of drug-likeness (QED) is 0.785. The first-order chi connectivity index (χ1) is 13.3. The standard InChI is InChI=1S/C21H27N3O3/c1-26-18-6-4-16(5-7-18)20-21(17-9-13-27-14-17)24(15-22-20)12-8-19(25)23-10-2-3-11-23/h4-7,15,17H,2-3,8-14H2,1H3. The number of aryl methyl sites for hydroxylation is 1. The minimum atomic E-state index is 0.251. The fourth-order valence-corrected chi connectivity index (χ4v) is 4.06. The van der Waals surface area contributed by atoms with Gasteiger partial charge in [-0.25, -0.2) is 4.98 Å². The molecule has 0 spiro atoms. The number of amides is 1. The highest BCUT2D eigenvalue weighted by Crippen LogP contribution is 2.34. The molecular weight excluding hydrogens is 342 g/mol. The van der Waals surface area contributed by atoms with Gasteiger partial charge in [-0.1, -0.05) is 0 Å².